The van der Waals surface area contributed by atoms with Gasteiger partial charge in [-0.2, -0.15) is 0 Å². The van der Waals surface area contributed by atoms with Crippen molar-refractivity contribution in [3.05, 3.63) is 35.4 Å². The molecule has 4 nitrogen and oxygen atoms in total. The van der Waals surface area contributed by atoms with Gasteiger partial charge in [0.05, 0.1) is 13.2 Å². The van der Waals surface area contributed by atoms with Crippen molar-refractivity contribution in [3.63, 3.8) is 0 Å². The molecule has 1 saturated heterocycles. The summed E-state index contributed by atoms with van der Waals surface area (Å²) in [5.74, 6) is 1.11. The number of benzene rings is 1. The van der Waals surface area contributed by atoms with Crippen LogP contribution < -0.4 is 0 Å². The summed E-state index contributed by atoms with van der Waals surface area (Å²) >= 11 is 0. The van der Waals surface area contributed by atoms with Crippen molar-refractivity contribution in [2.75, 3.05) is 46.4 Å². The van der Waals surface area contributed by atoms with Gasteiger partial charge in [-0.3, -0.25) is 10.3 Å². The van der Waals surface area contributed by atoms with Crippen molar-refractivity contribution in [1.29, 1.82) is 5.41 Å². The van der Waals surface area contributed by atoms with E-state index in [1.807, 2.05) is 13.1 Å². The fourth-order valence-electron chi connectivity index (χ4n) is 2.73. The molecule has 0 amide bonds. The predicted molar refractivity (Wildman–Crippen MR) is 91.9 cm³/mol. The molecule has 122 valence electrons. The Morgan fingerprint density at radius 3 is 2.73 bits per heavy atom. The maximum absolute atomic E-state index is 8.39. The molecule has 0 spiro atoms. The zero-order valence-electron chi connectivity index (χ0n) is 14.1. The van der Waals surface area contributed by atoms with Gasteiger partial charge in [0.1, 0.15) is 5.84 Å². The van der Waals surface area contributed by atoms with Gasteiger partial charge < -0.3 is 9.64 Å². The van der Waals surface area contributed by atoms with E-state index in [0.717, 1.165) is 51.4 Å². The third kappa shape index (κ3) is 4.82. The molecule has 0 radical (unpaired) electrons. The number of hydrogen-bond donors (Lipinski definition) is 1. The molecule has 1 N–H and O–H groups in total. The highest BCUT2D eigenvalue weighted by atomic mass is 16.5. The number of nitrogens with one attached hydrogen (secondary N) is 1. The van der Waals surface area contributed by atoms with Crippen LogP contribution >= 0.6 is 0 Å². The van der Waals surface area contributed by atoms with Crippen molar-refractivity contribution in [2.24, 2.45) is 0 Å². The van der Waals surface area contributed by atoms with Crippen molar-refractivity contribution >= 4 is 5.84 Å². The molecule has 1 aliphatic heterocycles. The van der Waals surface area contributed by atoms with Crippen molar-refractivity contribution < 1.29 is 4.74 Å². The molecule has 0 unspecified atom stereocenters. The summed E-state index contributed by atoms with van der Waals surface area (Å²) in [4.78, 5) is 4.50. The van der Waals surface area contributed by atoms with E-state index in [1.165, 1.54) is 5.56 Å². The second-order valence-electron chi connectivity index (χ2n) is 6.36. The highest BCUT2D eigenvalue weighted by molar-refractivity contribution is 5.96. The second-order valence-corrected chi connectivity index (χ2v) is 6.36. The van der Waals surface area contributed by atoms with E-state index in [0.29, 0.717) is 11.8 Å². The minimum absolute atomic E-state index is 0.499. The summed E-state index contributed by atoms with van der Waals surface area (Å²) in [6, 6.07) is 8.37. The fraction of sp³-hybridized carbons (Fsp3) is 0.611. The molecule has 1 aromatic rings. The Kier molecular flexibility index (Phi) is 6.40. The van der Waals surface area contributed by atoms with Crippen LogP contribution in [0.4, 0.5) is 0 Å². The molecule has 0 atom stereocenters. The summed E-state index contributed by atoms with van der Waals surface area (Å²) < 4.78 is 5.37. The monoisotopic (exact) mass is 303 g/mol. The minimum atomic E-state index is 0.499. The zero-order chi connectivity index (χ0) is 15.9. The molecule has 22 heavy (non-hydrogen) atoms. The predicted octanol–water partition coefficient (Wildman–Crippen LogP) is 2.79. The highest BCUT2D eigenvalue weighted by Gasteiger charge is 2.12. The number of ether oxygens (including phenoxy) is 1. The van der Waals surface area contributed by atoms with Gasteiger partial charge in [0.15, 0.2) is 0 Å². The number of nitrogens with zero attached hydrogens (tertiary/aromatic N) is 2. The van der Waals surface area contributed by atoms with Gasteiger partial charge in [0, 0.05) is 38.8 Å². The van der Waals surface area contributed by atoms with Crippen LogP contribution in [0.15, 0.2) is 24.3 Å². The molecule has 0 aliphatic carbocycles. The summed E-state index contributed by atoms with van der Waals surface area (Å²) in [5.41, 5.74) is 2.31. The quantitative estimate of drug-likeness (QED) is 0.649. The summed E-state index contributed by atoms with van der Waals surface area (Å²) in [7, 11) is 2.02. The van der Waals surface area contributed by atoms with Gasteiger partial charge in [-0.25, -0.2) is 0 Å². The Morgan fingerprint density at radius 2 is 2.05 bits per heavy atom. The first kappa shape index (κ1) is 17.0. The van der Waals surface area contributed by atoms with Crippen LogP contribution in [-0.2, 0) is 4.74 Å². The van der Waals surface area contributed by atoms with Gasteiger partial charge in [0.25, 0.3) is 0 Å². The third-order valence-corrected chi connectivity index (χ3v) is 4.28. The lowest BCUT2D eigenvalue weighted by Crippen LogP contribution is -2.38. The first-order chi connectivity index (χ1) is 10.6. The normalized spacial score (nSPS) is 16.0. The van der Waals surface area contributed by atoms with E-state index >= 15 is 0 Å². The van der Waals surface area contributed by atoms with Crippen LogP contribution in [-0.4, -0.2) is 62.1 Å². The Hall–Kier alpha value is -1.39. The van der Waals surface area contributed by atoms with Crippen molar-refractivity contribution in [1.82, 2.24) is 9.80 Å². The Labute approximate surface area is 134 Å². The van der Waals surface area contributed by atoms with Crippen molar-refractivity contribution in [3.8, 4) is 0 Å². The standard InChI is InChI=1S/C18H29N3O/c1-15(2)16-6-4-7-17(14-16)18(19)20(3)8-5-9-21-10-12-22-13-11-21/h4,6-7,14-15,19H,5,8-13H2,1-3H3. The average Bonchev–Trinajstić information content (AvgIpc) is 2.55. The van der Waals surface area contributed by atoms with Crippen LogP contribution in [0, 0.1) is 5.41 Å². The van der Waals surface area contributed by atoms with E-state index in [2.05, 4.69) is 41.8 Å². The number of hydrogen-bond acceptors (Lipinski definition) is 3. The van der Waals surface area contributed by atoms with E-state index < -0.39 is 0 Å². The summed E-state index contributed by atoms with van der Waals surface area (Å²) in [5, 5.41) is 8.39. The molecular weight excluding hydrogens is 274 g/mol. The third-order valence-electron chi connectivity index (χ3n) is 4.28. The lowest BCUT2D eigenvalue weighted by atomic mass is 10.0. The Bertz CT molecular complexity index is 481. The van der Waals surface area contributed by atoms with Gasteiger partial charge in [-0.15, -0.1) is 0 Å². The highest BCUT2D eigenvalue weighted by Crippen LogP contribution is 2.16. The van der Waals surface area contributed by atoms with Crippen LogP contribution in [0.1, 0.15) is 37.3 Å². The largest absolute Gasteiger partial charge is 0.379 e. The molecule has 1 aromatic carbocycles. The Morgan fingerprint density at radius 1 is 1.32 bits per heavy atom. The van der Waals surface area contributed by atoms with Crippen molar-refractivity contribution in [2.45, 2.75) is 26.2 Å². The molecular formula is C18H29N3O. The molecule has 0 bridgehead atoms. The van der Waals surface area contributed by atoms with Gasteiger partial charge >= 0.3 is 0 Å². The fourth-order valence-corrected chi connectivity index (χ4v) is 2.73. The molecule has 0 aromatic heterocycles. The topological polar surface area (TPSA) is 39.6 Å². The number of amidine groups is 1. The van der Waals surface area contributed by atoms with Gasteiger partial charge in [-0.1, -0.05) is 32.0 Å². The van der Waals surface area contributed by atoms with Crippen LogP contribution in [0.2, 0.25) is 0 Å². The molecule has 0 saturated carbocycles. The molecule has 4 heteroatoms. The molecule has 2 rings (SSSR count). The maximum Gasteiger partial charge on any atom is 0.127 e. The lowest BCUT2D eigenvalue weighted by Gasteiger charge is -2.28. The summed E-state index contributed by atoms with van der Waals surface area (Å²) in [6.07, 6.45) is 1.09. The molecule has 1 aliphatic rings. The van der Waals surface area contributed by atoms with Gasteiger partial charge in [-0.05, 0) is 24.0 Å². The maximum atomic E-state index is 8.39. The molecule has 1 fully saturated rings. The van der Waals surface area contributed by atoms with Crippen LogP contribution in [0.5, 0.6) is 0 Å². The van der Waals surface area contributed by atoms with E-state index in [9.17, 15) is 0 Å². The number of rotatable bonds is 6. The second kappa shape index (κ2) is 8.30. The van der Waals surface area contributed by atoms with E-state index in [-0.39, 0.29) is 0 Å². The summed E-state index contributed by atoms with van der Waals surface area (Å²) in [6.45, 7) is 10.2. The smallest absolute Gasteiger partial charge is 0.127 e. The number of morpholine rings is 1. The average molecular weight is 303 g/mol. The zero-order valence-corrected chi connectivity index (χ0v) is 14.1. The van der Waals surface area contributed by atoms with E-state index in [1.54, 1.807) is 0 Å². The first-order valence-electron chi connectivity index (χ1n) is 8.28. The van der Waals surface area contributed by atoms with E-state index in [4.69, 9.17) is 10.1 Å². The van der Waals surface area contributed by atoms with Gasteiger partial charge in [0.2, 0.25) is 0 Å². The van der Waals surface area contributed by atoms with Crippen LogP contribution in [0.25, 0.3) is 0 Å². The first-order valence-corrected chi connectivity index (χ1v) is 8.28. The Balaban J connectivity index is 1.82. The SMILES string of the molecule is CC(C)c1cccc(C(=N)N(C)CCCN2CCOCC2)c1. The molecule has 1 heterocycles. The minimum Gasteiger partial charge on any atom is -0.379 e. The van der Waals surface area contributed by atoms with Crippen LogP contribution in [0.3, 0.4) is 0 Å². The lowest BCUT2D eigenvalue weighted by molar-refractivity contribution is 0.0369.